The van der Waals surface area contributed by atoms with Crippen LogP contribution in [0.2, 0.25) is 19.6 Å². The highest BCUT2D eigenvalue weighted by Crippen LogP contribution is 2.29. The van der Waals surface area contributed by atoms with E-state index in [0.717, 1.165) is 0 Å². The minimum Gasteiger partial charge on any atom is -0.396 e. The highest BCUT2D eigenvalue weighted by atomic mass is 35.5. The molecule has 0 aromatic rings. The molecular formula is C7H16ClF2NOSi. The quantitative estimate of drug-likeness (QED) is 0.419. The fourth-order valence-corrected chi connectivity index (χ4v) is 2.14. The minimum absolute atomic E-state index is 1.28. The van der Waals surface area contributed by atoms with Crippen LogP contribution in [-0.2, 0) is 4.43 Å². The van der Waals surface area contributed by atoms with E-state index in [1.807, 2.05) is 19.6 Å². The average molecular weight is 232 g/mol. The third-order valence-corrected chi connectivity index (χ3v) is 2.33. The first kappa shape index (κ1) is 13.3. The lowest BCUT2D eigenvalue weighted by Gasteiger charge is -2.33. The van der Waals surface area contributed by atoms with Gasteiger partial charge in [0.2, 0.25) is 0 Å². The summed E-state index contributed by atoms with van der Waals surface area (Å²) in [4.78, 5) is 1.28. The van der Waals surface area contributed by atoms with Gasteiger partial charge in [0, 0.05) is 0 Å². The summed E-state index contributed by atoms with van der Waals surface area (Å²) in [6.45, 7) is 5.52. The lowest BCUT2D eigenvalue weighted by atomic mass is 10.5. The van der Waals surface area contributed by atoms with Crippen LogP contribution in [0.15, 0.2) is 0 Å². The molecule has 0 saturated carbocycles. The van der Waals surface area contributed by atoms with Crippen LogP contribution < -0.4 is 0 Å². The van der Waals surface area contributed by atoms with E-state index in [1.54, 1.807) is 0 Å². The Morgan fingerprint density at radius 1 is 1.31 bits per heavy atom. The molecule has 0 rings (SSSR count). The van der Waals surface area contributed by atoms with Crippen LogP contribution in [0.4, 0.5) is 8.78 Å². The molecule has 2 nitrogen and oxygen atoms in total. The van der Waals surface area contributed by atoms with Crippen LogP contribution >= 0.6 is 11.6 Å². The summed E-state index contributed by atoms with van der Waals surface area (Å²) in [5.74, 6) is 0. The zero-order valence-electron chi connectivity index (χ0n) is 8.57. The zero-order valence-corrected chi connectivity index (χ0v) is 10.3. The Kier molecular flexibility index (Phi) is 4.30. The molecule has 0 radical (unpaired) electrons. The van der Waals surface area contributed by atoms with Crippen LogP contribution in [-0.4, -0.2) is 38.9 Å². The van der Waals surface area contributed by atoms with Crippen molar-refractivity contribution in [2.24, 2.45) is 0 Å². The van der Waals surface area contributed by atoms with E-state index in [2.05, 4.69) is 0 Å². The van der Waals surface area contributed by atoms with Crippen molar-refractivity contribution < 1.29 is 13.2 Å². The van der Waals surface area contributed by atoms with Gasteiger partial charge < -0.3 is 4.43 Å². The van der Waals surface area contributed by atoms with Crippen LogP contribution in [0.3, 0.4) is 0 Å². The van der Waals surface area contributed by atoms with E-state index in [4.69, 9.17) is 16.0 Å². The number of alkyl halides is 3. The molecular weight excluding hydrogens is 216 g/mol. The fourth-order valence-electron chi connectivity index (χ4n) is 0.800. The van der Waals surface area contributed by atoms with E-state index in [9.17, 15) is 8.78 Å². The standard InChI is InChI=1S/C7H16ClF2NOSi/c1-11(2)6(7(8,9)10)12-13(3,4)5/h6H,1-5H3. The van der Waals surface area contributed by atoms with Gasteiger partial charge in [0.25, 0.3) is 0 Å². The monoisotopic (exact) mass is 231 g/mol. The summed E-state index contributed by atoms with van der Waals surface area (Å²) in [6.07, 6.45) is -1.35. The predicted octanol–water partition coefficient (Wildman–Crippen LogP) is 2.56. The van der Waals surface area contributed by atoms with Gasteiger partial charge in [-0.3, -0.25) is 4.90 Å². The lowest BCUT2D eigenvalue weighted by molar-refractivity contribution is -0.0978. The summed E-state index contributed by atoms with van der Waals surface area (Å²) >= 11 is 4.92. The Morgan fingerprint density at radius 2 is 1.69 bits per heavy atom. The van der Waals surface area contributed by atoms with E-state index < -0.39 is 19.9 Å². The molecule has 0 bridgehead atoms. The van der Waals surface area contributed by atoms with Crippen molar-refractivity contribution in [3.63, 3.8) is 0 Å². The summed E-state index contributed by atoms with van der Waals surface area (Å²) < 4.78 is 30.8. The Hall–Kier alpha value is 0.287. The van der Waals surface area contributed by atoms with Crippen molar-refractivity contribution in [3.05, 3.63) is 0 Å². The SMILES string of the molecule is CN(C)C(O[Si](C)(C)C)C(F)(F)Cl. The van der Waals surface area contributed by atoms with Gasteiger partial charge in [-0.2, -0.15) is 8.78 Å². The summed E-state index contributed by atoms with van der Waals surface area (Å²) in [5, 5.41) is -3.34. The highest BCUT2D eigenvalue weighted by Gasteiger charge is 2.42. The first-order valence-electron chi connectivity index (χ1n) is 3.95. The van der Waals surface area contributed by atoms with Gasteiger partial charge in [-0.15, -0.1) is 0 Å². The lowest BCUT2D eigenvalue weighted by Crippen LogP contribution is -2.48. The summed E-state index contributed by atoms with van der Waals surface area (Å²) in [6, 6.07) is 0. The van der Waals surface area contributed by atoms with Crippen molar-refractivity contribution in [1.29, 1.82) is 0 Å². The molecule has 0 fully saturated rings. The summed E-state index contributed by atoms with van der Waals surface area (Å²) in [5.41, 5.74) is 0. The van der Waals surface area contributed by atoms with Crippen molar-refractivity contribution in [3.8, 4) is 0 Å². The van der Waals surface area contributed by atoms with Gasteiger partial charge in [-0.25, -0.2) is 0 Å². The highest BCUT2D eigenvalue weighted by molar-refractivity contribution is 6.69. The fraction of sp³-hybridized carbons (Fsp3) is 1.00. The Balaban J connectivity index is 4.47. The maximum atomic E-state index is 12.8. The second kappa shape index (κ2) is 4.21. The number of hydrogen-bond acceptors (Lipinski definition) is 2. The maximum absolute atomic E-state index is 12.8. The van der Waals surface area contributed by atoms with Crippen molar-refractivity contribution in [2.45, 2.75) is 31.3 Å². The first-order valence-corrected chi connectivity index (χ1v) is 7.73. The largest absolute Gasteiger partial charge is 0.396 e. The molecule has 0 aliphatic rings. The molecule has 0 heterocycles. The van der Waals surface area contributed by atoms with E-state index in [-0.39, 0.29) is 0 Å². The van der Waals surface area contributed by atoms with Gasteiger partial charge in [0.15, 0.2) is 14.5 Å². The smallest absolute Gasteiger partial charge is 0.359 e. The molecule has 0 amide bonds. The van der Waals surface area contributed by atoms with E-state index >= 15 is 0 Å². The molecule has 0 aromatic carbocycles. The van der Waals surface area contributed by atoms with Crippen LogP contribution in [0, 0.1) is 0 Å². The van der Waals surface area contributed by atoms with Crippen LogP contribution in [0.5, 0.6) is 0 Å². The van der Waals surface area contributed by atoms with E-state index in [1.165, 1.54) is 19.0 Å². The van der Waals surface area contributed by atoms with Crippen molar-refractivity contribution >= 4 is 19.9 Å². The Morgan fingerprint density at radius 3 is 1.77 bits per heavy atom. The Bertz CT molecular complexity index is 167. The molecule has 0 N–H and O–H groups in total. The summed E-state index contributed by atoms with van der Waals surface area (Å²) in [7, 11) is 1.03. The van der Waals surface area contributed by atoms with Gasteiger partial charge in [0.1, 0.15) is 0 Å². The van der Waals surface area contributed by atoms with Gasteiger partial charge in [-0.1, -0.05) is 0 Å². The number of nitrogens with zero attached hydrogens (tertiary/aromatic N) is 1. The molecule has 0 aromatic heterocycles. The normalized spacial score (nSPS) is 16.4. The number of hydrogen-bond donors (Lipinski definition) is 0. The third kappa shape index (κ3) is 5.56. The van der Waals surface area contributed by atoms with E-state index in [0.29, 0.717) is 0 Å². The second-order valence-electron chi connectivity index (χ2n) is 4.09. The second-order valence-corrected chi connectivity index (χ2v) is 9.05. The van der Waals surface area contributed by atoms with Crippen LogP contribution in [0.25, 0.3) is 0 Å². The molecule has 0 aliphatic carbocycles. The minimum atomic E-state index is -3.34. The topological polar surface area (TPSA) is 12.5 Å². The predicted molar refractivity (Wildman–Crippen MR) is 52.7 cm³/mol. The molecule has 0 saturated heterocycles. The molecule has 1 unspecified atom stereocenters. The molecule has 1 atom stereocenters. The molecule has 0 aliphatic heterocycles. The first-order chi connectivity index (χ1) is 5.54. The number of halogens is 3. The molecule has 0 spiro atoms. The average Bonchev–Trinajstić information content (AvgIpc) is 1.77. The Labute approximate surface area is 83.9 Å². The zero-order chi connectivity index (χ0) is 10.9. The molecule has 6 heteroatoms. The molecule has 13 heavy (non-hydrogen) atoms. The van der Waals surface area contributed by atoms with Crippen molar-refractivity contribution in [1.82, 2.24) is 4.90 Å². The molecule has 80 valence electrons. The van der Waals surface area contributed by atoms with Gasteiger partial charge in [0.05, 0.1) is 0 Å². The third-order valence-electron chi connectivity index (χ3n) is 1.21. The maximum Gasteiger partial charge on any atom is 0.359 e. The van der Waals surface area contributed by atoms with Crippen LogP contribution in [0.1, 0.15) is 0 Å². The van der Waals surface area contributed by atoms with Crippen molar-refractivity contribution in [2.75, 3.05) is 14.1 Å². The van der Waals surface area contributed by atoms with Gasteiger partial charge in [-0.05, 0) is 45.3 Å². The number of rotatable bonds is 4. The van der Waals surface area contributed by atoms with Gasteiger partial charge >= 0.3 is 5.38 Å².